The Morgan fingerprint density at radius 1 is 0.931 bits per heavy atom. The minimum atomic E-state index is -0.769. The van der Waals surface area contributed by atoms with E-state index in [1.54, 1.807) is 45.0 Å². The second-order valence-electron chi connectivity index (χ2n) is 7.32. The van der Waals surface area contributed by atoms with E-state index in [1.165, 1.54) is 19.1 Å². The van der Waals surface area contributed by atoms with E-state index in [2.05, 4.69) is 10.6 Å². The van der Waals surface area contributed by atoms with Gasteiger partial charge in [-0.3, -0.25) is 24.0 Å². The molecule has 0 bridgehead atoms. The van der Waals surface area contributed by atoms with Crippen molar-refractivity contribution in [3.63, 3.8) is 0 Å². The molecule has 0 aromatic heterocycles. The van der Waals surface area contributed by atoms with Gasteiger partial charge in [-0.15, -0.1) is 0 Å². The van der Waals surface area contributed by atoms with E-state index < -0.39 is 29.8 Å². The Kier molecular flexibility index (Phi) is 7.03. The van der Waals surface area contributed by atoms with Crippen LogP contribution in [0.25, 0.3) is 0 Å². The molecule has 1 aliphatic heterocycles. The van der Waals surface area contributed by atoms with Crippen LogP contribution >= 0.6 is 0 Å². The molecule has 154 valence electrons. The molecule has 0 saturated heterocycles. The molecule has 1 heterocycles. The average Bonchev–Trinajstić information content (AvgIpc) is 2.98. The van der Waals surface area contributed by atoms with Crippen LogP contribution in [0.15, 0.2) is 36.4 Å². The van der Waals surface area contributed by atoms with Gasteiger partial charge in [-0.1, -0.05) is 26.0 Å². The number of hydrogen-bond acceptors (Lipinski definition) is 5. The summed E-state index contributed by atoms with van der Waals surface area (Å²) in [6, 6.07) is 5.08. The number of benzene rings is 1. The lowest BCUT2D eigenvalue weighted by atomic mass is 10.0. The van der Waals surface area contributed by atoms with Gasteiger partial charge in [0.15, 0.2) is 5.78 Å². The van der Waals surface area contributed by atoms with Gasteiger partial charge in [0.1, 0.15) is 6.04 Å². The first kappa shape index (κ1) is 22.0. The van der Waals surface area contributed by atoms with E-state index in [4.69, 9.17) is 0 Å². The highest BCUT2D eigenvalue weighted by Crippen LogP contribution is 2.19. The molecule has 4 amide bonds. The van der Waals surface area contributed by atoms with Crippen molar-refractivity contribution in [1.82, 2.24) is 10.6 Å². The van der Waals surface area contributed by atoms with E-state index in [9.17, 15) is 24.0 Å². The van der Waals surface area contributed by atoms with Crippen molar-refractivity contribution in [3.05, 3.63) is 42.0 Å². The smallest absolute Gasteiger partial charge is 0.258 e. The number of imide groups is 1. The number of ketones is 1. The third-order valence-electron chi connectivity index (χ3n) is 4.60. The Morgan fingerprint density at radius 2 is 1.48 bits per heavy atom. The number of carbonyl (C=O) groups excluding carboxylic acids is 5. The number of carbonyl (C=O) groups is 5. The third-order valence-corrected chi connectivity index (χ3v) is 4.60. The SMILES string of the molecule is CC(=O)[C@H](C)NC(=O)[C@@H](NC(=O)Cc1ccc(N2C(=O)C=CC2=O)cc1)C(C)C. The standard InChI is InChI=1S/C21H25N3O5/c1-12(2)20(21(29)22-13(3)14(4)25)23-17(26)11-15-5-7-16(8-6-15)24-18(27)9-10-19(24)28/h5-10,12-13,20H,11H2,1-4H3,(H,22,29)(H,23,26)/t13-,20-/m0/s1. The molecule has 1 aliphatic rings. The molecule has 0 radical (unpaired) electrons. The summed E-state index contributed by atoms with van der Waals surface area (Å²) in [4.78, 5) is 60.6. The maximum Gasteiger partial charge on any atom is 0.258 e. The predicted molar refractivity (Wildman–Crippen MR) is 107 cm³/mol. The van der Waals surface area contributed by atoms with Crippen molar-refractivity contribution < 1.29 is 24.0 Å². The highest BCUT2D eigenvalue weighted by atomic mass is 16.2. The van der Waals surface area contributed by atoms with Gasteiger partial charge in [-0.2, -0.15) is 0 Å². The Labute approximate surface area is 169 Å². The maximum atomic E-state index is 12.4. The quantitative estimate of drug-likeness (QED) is 0.631. The van der Waals surface area contributed by atoms with Crippen LogP contribution in [0.5, 0.6) is 0 Å². The fourth-order valence-electron chi connectivity index (χ4n) is 2.77. The van der Waals surface area contributed by atoms with Crippen molar-refractivity contribution in [1.29, 1.82) is 0 Å². The first-order chi connectivity index (χ1) is 13.6. The number of nitrogens with zero attached hydrogens (tertiary/aromatic N) is 1. The average molecular weight is 399 g/mol. The number of anilines is 1. The van der Waals surface area contributed by atoms with Crippen LogP contribution < -0.4 is 15.5 Å². The molecule has 0 spiro atoms. The first-order valence-corrected chi connectivity index (χ1v) is 9.35. The first-order valence-electron chi connectivity index (χ1n) is 9.35. The van der Waals surface area contributed by atoms with Gasteiger partial charge in [-0.25, -0.2) is 4.90 Å². The largest absolute Gasteiger partial charge is 0.345 e. The summed E-state index contributed by atoms with van der Waals surface area (Å²) in [6.07, 6.45) is 2.43. The zero-order chi connectivity index (χ0) is 21.7. The molecular weight excluding hydrogens is 374 g/mol. The lowest BCUT2D eigenvalue weighted by Crippen LogP contribution is -2.53. The van der Waals surface area contributed by atoms with Crippen molar-refractivity contribution in [2.45, 2.75) is 46.2 Å². The lowest BCUT2D eigenvalue weighted by Gasteiger charge is -2.23. The number of amides is 4. The molecular formula is C21H25N3O5. The minimum Gasteiger partial charge on any atom is -0.345 e. The van der Waals surface area contributed by atoms with Crippen LogP contribution in [0.1, 0.15) is 33.3 Å². The van der Waals surface area contributed by atoms with Gasteiger partial charge in [-0.05, 0) is 37.5 Å². The van der Waals surface area contributed by atoms with Crippen LogP contribution in [0.4, 0.5) is 5.69 Å². The molecule has 8 heteroatoms. The van der Waals surface area contributed by atoms with Crippen LogP contribution in [0.3, 0.4) is 0 Å². The fourth-order valence-corrected chi connectivity index (χ4v) is 2.77. The molecule has 2 atom stereocenters. The molecule has 0 fully saturated rings. The molecule has 29 heavy (non-hydrogen) atoms. The van der Waals surface area contributed by atoms with Gasteiger partial charge in [0, 0.05) is 12.2 Å². The molecule has 8 nitrogen and oxygen atoms in total. The second kappa shape index (κ2) is 9.27. The predicted octanol–water partition coefficient (Wildman–Crippen LogP) is 0.893. The maximum absolute atomic E-state index is 12.4. The summed E-state index contributed by atoms with van der Waals surface area (Å²) in [6.45, 7) is 6.58. The Bertz CT molecular complexity index is 840. The molecule has 0 saturated carbocycles. The Hall–Kier alpha value is -3.29. The number of nitrogens with one attached hydrogen (secondary N) is 2. The zero-order valence-corrected chi connectivity index (χ0v) is 16.9. The van der Waals surface area contributed by atoms with Crippen molar-refractivity contribution in [2.24, 2.45) is 5.92 Å². The minimum absolute atomic E-state index is 0.0270. The molecule has 2 rings (SSSR count). The summed E-state index contributed by atoms with van der Waals surface area (Å²) in [7, 11) is 0. The summed E-state index contributed by atoms with van der Waals surface area (Å²) in [5, 5.41) is 5.30. The van der Waals surface area contributed by atoms with Gasteiger partial charge < -0.3 is 10.6 Å². The summed E-state index contributed by atoms with van der Waals surface area (Å²) >= 11 is 0. The van der Waals surface area contributed by atoms with E-state index in [0.717, 1.165) is 4.90 Å². The van der Waals surface area contributed by atoms with Gasteiger partial charge in [0.25, 0.3) is 11.8 Å². The second-order valence-corrected chi connectivity index (χ2v) is 7.32. The molecule has 1 aromatic carbocycles. The van der Waals surface area contributed by atoms with Crippen molar-refractivity contribution in [2.75, 3.05) is 4.90 Å². The van der Waals surface area contributed by atoms with Gasteiger partial charge >= 0.3 is 0 Å². The van der Waals surface area contributed by atoms with Crippen LogP contribution in [-0.2, 0) is 30.4 Å². The Balaban J connectivity index is 1.99. The normalized spacial score (nSPS) is 15.4. The summed E-state index contributed by atoms with van der Waals surface area (Å²) in [5.41, 5.74) is 1.09. The number of Topliss-reactive ketones (excluding diaryl/α,β-unsaturated/α-hetero) is 1. The molecule has 1 aromatic rings. The zero-order valence-electron chi connectivity index (χ0n) is 16.9. The van der Waals surface area contributed by atoms with Crippen molar-refractivity contribution in [3.8, 4) is 0 Å². The molecule has 2 N–H and O–H groups in total. The van der Waals surface area contributed by atoms with Crippen molar-refractivity contribution >= 4 is 35.1 Å². The van der Waals surface area contributed by atoms with Gasteiger partial charge in [0.05, 0.1) is 18.2 Å². The summed E-state index contributed by atoms with van der Waals surface area (Å²) < 4.78 is 0. The van der Waals surface area contributed by atoms with Crippen LogP contribution in [0, 0.1) is 5.92 Å². The van der Waals surface area contributed by atoms with E-state index in [0.29, 0.717) is 11.3 Å². The van der Waals surface area contributed by atoms with E-state index >= 15 is 0 Å². The monoisotopic (exact) mass is 399 g/mol. The highest BCUT2D eigenvalue weighted by Gasteiger charge is 2.27. The fraction of sp³-hybridized carbons (Fsp3) is 0.381. The van der Waals surface area contributed by atoms with E-state index in [1.807, 2.05) is 0 Å². The Morgan fingerprint density at radius 3 is 1.97 bits per heavy atom. The topological polar surface area (TPSA) is 113 Å². The molecule has 0 unspecified atom stereocenters. The third kappa shape index (κ3) is 5.60. The van der Waals surface area contributed by atoms with E-state index in [-0.39, 0.29) is 24.0 Å². The van der Waals surface area contributed by atoms with Gasteiger partial charge in [0.2, 0.25) is 11.8 Å². The molecule has 0 aliphatic carbocycles. The van der Waals surface area contributed by atoms with Crippen LogP contribution in [0.2, 0.25) is 0 Å². The lowest BCUT2D eigenvalue weighted by molar-refractivity contribution is -0.131. The summed E-state index contributed by atoms with van der Waals surface area (Å²) in [5.74, 6) is -1.92. The number of rotatable bonds is 8. The highest BCUT2D eigenvalue weighted by molar-refractivity contribution is 6.28. The van der Waals surface area contributed by atoms with Crippen LogP contribution in [-0.4, -0.2) is 41.5 Å². The number of hydrogen-bond donors (Lipinski definition) is 2.